The van der Waals surface area contributed by atoms with Crippen LogP contribution >= 0.6 is 0 Å². The van der Waals surface area contributed by atoms with Crippen molar-refractivity contribution in [2.24, 2.45) is 0 Å². The minimum absolute atomic E-state index is 0.0677. The second kappa shape index (κ2) is 51.1. The SMILES string of the molecule is CC/C=C/C=C/C=C\C=C/C=C/CCCCCC(=O)OC1C(OCC(NC(=O)C(O)CCCCCCCCC/C=C\C/C=C\C/C=C\CCCCC)C(O)/C=C/CCCCCCCCCCC)OC(CO)C(O)C1O. The first-order valence-electron chi connectivity index (χ1n) is 29.7. The summed E-state index contributed by atoms with van der Waals surface area (Å²) >= 11 is 0. The van der Waals surface area contributed by atoms with Gasteiger partial charge in [0, 0.05) is 6.42 Å². The van der Waals surface area contributed by atoms with Crippen LogP contribution in [0.4, 0.5) is 0 Å². The number of allylic oxidation sites excluding steroid dienone is 17. The van der Waals surface area contributed by atoms with Crippen LogP contribution < -0.4 is 5.32 Å². The van der Waals surface area contributed by atoms with Gasteiger partial charge in [-0.25, -0.2) is 0 Å². The molecule has 8 unspecified atom stereocenters. The maximum absolute atomic E-state index is 13.4. The number of hydrogen-bond donors (Lipinski definition) is 6. The van der Waals surface area contributed by atoms with E-state index in [0.29, 0.717) is 12.8 Å². The van der Waals surface area contributed by atoms with Gasteiger partial charge in [0.05, 0.1) is 25.4 Å². The smallest absolute Gasteiger partial charge is 0.306 e. The van der Waals surface area contributed by atoms with Gasteiger partial charge in [0.15, 0.2) is 12.4 Å². The molecule has 0 aromatic rings. The zero-order chi connectivity index (χ0) is 54.7. The molecule has 0 radical (unpaired) electrons. The minimum Gasteiger partial charge on any atom is -0.454 e. The van der Waals surface area contributed by atoms with E-state index in [-0.39, 0.29) is 19.4 Å². The highest BCUT2D eigenvalue weighted by atomic mass is 16.7. The minimum atomic E-state index is -1.64. The predicted octanol–water partition coefficient (Wildman–Crippen LogP) is 13.7. The molecule has 1 amide bonds. The van der Waals surface area contributed by atoms with Crippen molar-refractivity contribution in [1.82, 2.24) is 5.32 Å². The topological polar surface area (TPSA) is 175 Å². The Hall–Kier alpha value is -3.68. The van der Waals surface area contributed by atoms with E-state index >= 15 is 0 Å². The second-order valence-corrected chi connectivity index (χ2v) is 20.1. The Kier molecular flexibility index (Phi) is 47.2. The zero-order valence-electron chi connectivity index (χ0n) is 47.1. The van der Waals surface area contributed by atoms with Crippen LogP contribution in [0.25, 0.3) is 0 Å². The number of hydrogen-bond acceptors (Lipinski definition) is 10. The van der Waals surface area contributed by atoms with Crippen molar-refractivity contribution in [2.75, 3.05) is 13.2 Å². The summed E-state index contributed by atoms with van der Waals surface area (Å²) in [6.45, 7) is 5.56. The average Bonchev–Trinajstić information content (AvgIpc) is 3.41. The average molecular weight is 1050 g/mol. The molecular weight excluding hydrogens is 943 g/mol. The lowest BCUT2D eigenvalue weighted by atomic mass is 9.99. The van der Waals surface area contributed by atoms with Crippen molar-refractivity contribution in [1.29, 1.82) is 0 Å². The summed E-state index contributed by atoms with van der Waals surface area (Å²) in [7, 11) is 0. The van der Waals surface area contributed by atoms with Crippen LogP contribution in [0, 0.1) is 0 Å². The number of aliphatic hydroxyl groups is 5. The Balaban J connectivity index is 2.72. The fourth-order valence-electron chi connectivity index (χ4n) is 8.56. The molecule has 8 atom stereocenters. The lowest BCUT2D eigenvalue weighted by molar-refractivity contribution is -0.305. The van der Waals surface area contributed by atoms with Crippen molar-refractivity contribution in [3.05, 3.63) is 109 Å². The number of amides is 1. The first-order valence-corrected chi connectivity index (χ1v) is 29.7. The molecule has 1 saturated heterocycles. The normalized spacial score (nSPS) is 20.0. The summed E-state index contributed by atoms with van der Waals surface area (Å²) in [6, 6.07) is -1.04. The molecule has 0 aliphatic carbocycles. The second-order valence-electron chi connectivity index (χ2n) is 20.1. The largest absolute Gasteiger partial charge is 0.454 e. The molecule has 0 saturated carbocycles. The maximum atomic E-state index is 13.4. The number of carbonyl (C=O) groups excluding carboxylic acids is 2. The van der Waals surface area contributed by atoms with Crippen molar-refractivity contribution in [3.8, 4) is 0 Å². The number of esters is 1. The van der Waals surface area contributed by atoms with Gasteiger partial charge in [-0.2, -0.15) is 0 Å². The van der Waals surface area contributed by atoms with E-state index in [2.05, 4.69) is 74.7 Å². The van der Waals surface area contributed by atoms with E-state index < -0.39 is 67.4 Å². The molecule has 0 aromatic carbocycles. The molecule has 11 nitrogen and oxygen atoms in total. The van der Waals surface area contributed by atoms with E-state index in [1.54, 1.807) is 6.08 Å². The summed E-state index contributed by atoms with van der Waals surface area (Å²) in [5, 5.41) is 56.8. The predicted molar refractivity (Wildman–Crippen MR) is 310 cm³/mol. The third-order valence-corrected chi connectivity index (χ3v) is 13.3. The molecule has 0 bridgehead atoms. The van der Waals surface area contributed by atoms with Gasteiger partial charge in [-0.1, -0.05) is 239 Å². The Morgan fingerprint density at radius 2 is 1.01 bits per heavy atom. The standard InChI is InChI=1S/C64H107NO10/c1-4-7-10-13-16-19-22-24-26-27-28-29-30-32-33-36-39-42-45-48-51-57(68)63(72)65-55(56(67)50-47-44-41-38-35-21-18-15-12-9-6-3)54-73-64-62(61(71)60(70)58(53-66)74-64)75-59(69)52-49-46-43-40-37-34-31-25-23-20-17-14-11-8-5-2/h8,11,14,16-17,19-20,23-26,28-29,31,34,37,47,50,55-58,60-62,64,66-68,70-71H,4-7,9-10,12-13,15,18,21-22,27,30,32-33,35-36,38-46,48-49,51-54H2,1-3H3,(H,65,72)/b11-8+,17-14+,19-16-,23-20-,26-24-,29-28-,31-25-,37-34+,50-47+. The van der Waals surface area contributed by atoms with Gasteiger partial charge in [0.25, 0.3) is 0 Å². The van der Waals surface area contributed by atoms with Gasteiger partial charge < -0.3 is 45.1 Å². The number of carbonyl (C=O) groups is 2. The lowest BCUT2D eigenvalue weighted by Crippen LogP contribution is -2.61. The zero-order valence-corrected chi connectivity index (χ0v) is 47.1. The van der Waals surface area contributed by atoms with Gasteiger partial charge in [0.2, 0.25) is 5.91 Å². The van der Waals surface area contributed by atoms with Gasteiger partial charge >= 0.3 is 5.97 Å². The molecular formula is C64H107NO10. The van der Waals surface area contributed by atoms with E-state index in [0.717, 1.165) is 96.3 Å². The molecule has 1 aliphatic heterocycles. The summed E-state index contributed by atoms with van der Waals surface area (Å²) in [6.07, 6.45) is 58.4. The van der Waals surface area contributed by atoms with Crippen molar-refractivity contribution in [3.63, 3.8) is 0 Å². The number of rotatable bonds is 48. The molecule has 75 heavy (non-hydrogen) atoms. The van der Waals surface area contributed by atoms with Gasteiger partial charge in [0.1, 0.15) is 24.4 Å². The van der Waals surface area contributed by atoms with Crippen LogP contribution in [0.1, 0.15) is 220 Å². The van der Waals surface area contributed by atoms with E-state index in [4.69, 9.17) is 14.2 Å². The van der Waals surface area contributed by atoms with Crippen LogP contribution in [0.3, 0.4) is 0 Å². The van der Waals surface area contributed by atoms with Gasteiger partial charge in [-0.15, -0.1) is 0 Å². The summed E-state index contributed by atoms with van der Waals surface area (Å²) < 4.78 is 17.5. The number of ether oxygens (including phenoxy) is 3. The first kappa shape index (κ1) is 69.3. The first-order chi connectivity index (χ1) is 36.7. The van der Waals surface area contributed by atoms with Crippen molar-refractivity contribution in [2.45, 2.75) is 269 Å². The Labute approximate surface area is 456 Å². The van der Waals surface area contributed by atoms with Crippen LogP contribution in [0.15, 0.2) is 109 Å². The third kappa shape index (κ3) is 39.4. The van der Waals surface area contributed by atoms with Crippen molar-refractivity contribution < 1.29 is 49.3 Å². The molecule has 0 aromatic heterocycles. The van der Waals surface area contributed by atoms with Crippen LogP contribution in [0.5, 0.6) is 0 Å². The van der Waals surface area contributed by atoms with Crippen molar-refractivity contribution >= 4 is 11.9 Å². The van der Waals surface area contributed by atoms with E-state index in [9.17, 15) is 35.1 Å². The summed E-state index contributed by atoms with van der Waals surface area (Å²) in [5.74, 6) is -1.26. The quantitative estimate of drug-likeness (QED) is 0.0149. The van der Waals surface area contributed by atoms with Crippen LogP contribution in [-0.2, 0) is 23.8 Å². The third-order valence-electron chi connectivity index (χ3n) is 13.3. The summed E-state index contributed by atoms with van der Waals surface area (Å²) in [4.78, 5) is 26.5. The van der Waals surface area contributed by atoms with Crippen LogP contribution in [0.2, 0.25) is 0 Å². The van der Waals surface area contributed by atoms with E-state index in [1.807, 2.05) is 54.7 Å². The molecule has 1 heterocycles. The molecule has 428 valence electrons. The number of aliphatic hydroxyl groups excluding tert-OH is 5. The molecule has 0 spiro atoms. The molecule has 1 aliphatic rings. The number of unbranched alkanes of at least 4 members (excludes halogenated alkanes) is 22. The van der Waals surface area contributed by atoms with Gasteiger partial charge in [-0.3, -0.25) is 9.59 Å². The molecule has 1 fully saturated rings. The highest BCUT2D eigenvalue weighted by molar-refractivity contribution is 5.80. The highest BCUT2D eigenvalue weighted by Gasteiger charge is 2.47. The lowest BCUT2D eigenvalue weighted by Gasteiger charge is -2.41. The summed E-state index contributed by atoms with van der Waals surface area (Å²) in [5.41, 5.74) is 0. The number of nitrogens with one attached hydrogen (secondary N) is 1. The maximum Gasteiger partial charge on any atom is 0.306 e. The highest BCUT2D eigenvalue weighted by Crippen LogP contribution is 2.26. The fraction of sp³-hybridized carbons (Fsp3) is 0.688. The monoisotopic (exact) mass is 1050 g/mol. The van der Waals surface area contributed by atoms with E-state index in [1.165, 1.54) is 77.0 Å². The van der Waals surface area contributed by atoms with Gasteiger partial charge in [-0.05, 0) is 83.5 Å². The Morgan fingerprint density at radius 3 is 1.59 bits per heavy atom. The molecule has 11 heteroatoms. The Morgan fingerprint density at radius 1 is 0.547 bits per heavy atom. The molecule has 6 N–H and O–H groups in total. The Bertz CT molecular complexity index is 1630. The fourth-order valence-corrected chi connectivity index (χ4v) is 8.56. The molecule has 1 rings (SSSR count). The van der Waals surface area contributed by atoms with Crippen LogP contribution in [-0.4, -0.2) is 99.6 Å².